The number of nitrogens with zero attached hydrogens (tertiary/aromatic N) is 1. The summed E-state index contributed by atoms with van der Waals surface area (Å²) in [5, 5.41) is 0. The Morgan fingerprint density at radius 1 is 1.11 bits per heavy atom. The molecule has 0 aliphatic carbocycles. The molecule has 0 amide bonds. The molecule has 0 unspecified atom stereocenters. The third-order valence-electron chi connectivity index (χ3n) is 4.63. The van der Waals surface area contributed by atoms with E-state index in [1.165, 1.54) is 31.4 Å². The molecule has 3 rings (SSSR count). The smallest absolute Gasteiger partial charge is 0.337 e. The van der Waals surface area contributed by atoms with Crippen LogP contribution in [0, 0.1) is 0 Å². The first kappa shape index (κ1) is 20.5. The number of carbonyl (C=O) groups excluding carboxylic acids is 1. The molecule has 0 atom stereocenters. The van der Waals surface area contributed by atoms with Gasteiger partial charge in [-0.3, -0.25) is 4.90 Å². The Hall–Kier alpha value is -2.26. The summed E-state index contributed by atoms with van der Waals surface area (Å²) in [5.41, 5.74) is 2.19. The van der Waals surface area contributed by atoms with Crippen molar-refractivity contribution in [3.05, 3.63) is 65.2 Å². The lowest BCUT2D eigenvalue weighted by molar-refractivity contribution is 0.0341. The third-order valence-corrected chi connectivity index (χ3v) is 6.03. The van der Waals surface area contributed by atoms with Gasteiger partial charge in [0.05, 0.1) is 30.8 Å². The summed E-state index contributed by atoms with van der Waals surface area (Å²) in [7, 11) is -2.51. The minimum absolute atomic E-state index is 0.0288. The van der Waals surface area contributed by atoms with Crippen molar-refractivity contribution in [3.8, 4) is 0 Å². The highest BCUT2D eigenvalue weighted by atomic mass is 32.2. The summed E-state index contributed by atoms with van der Waals surface area (Å²) < 4.78 is 38.0. The van der Waals surface area contributed by atoms with Crippen molar-refractivity contribution in [2.45, 2.75) is 18.0 Å². The number of esters is 1. The van der Waals surface area contributed by atoms with Gasteiger partial charge in [0.15, 0.2) is 0 Å². The summed E-state index contributed by atoms with van der Waals surface area (Å²) in [6, 6.07) is 13.6. The summed E-state index contributed by atoms with van der Waals surface area (Å²) in [4.78, 5) is 14.0. The van der Waals surface area contributed by atoms with Crippen LogP contribution >= 0.6 is 0 Å². The number of hydrogen-bond donors (Lipinski definition) is 1. The molecule has 0 saturated carbocycles. The standard InChI is InChI=1S/C20H24N2O5S/c1-26-20(23)16-7-4-8-19(13-16)28(24,25)21-14-17-5-2-3-6-18(17)15-22-9-11-27-12-10-22/h2-8,13,21H,9-12,14-15H2,1H3. The number of sulfonamides is 1. The molecular weight excluding hydrogens is 380 g/mol. The van der Waals surface area contributed by atoms with Gasteiger partial charge in [0.2, 0.25) is 10.0 Å². The van der Waals surface area contributed by atoms with Gasteiger partial charge < -0.3 is 9.47 Å². The zero-order chi connectivity index (χ0) is 20.0. The summed E-state index contributed by atoms with van der Waals surface area (Å²) in [6.07, 6.45) is 0. The van der Waals surface area contributed by atoms with E-state index in [4.69, 9.17) is 4.74 Å². The maximum Gasteiger partial charge on any atom is 0.337 e. The molecule has 1 heterocycles. The number of nitrogens with one attached hydrogen (secondary N) is 1. The first-order valence-corrected chi connectivity index (χ1v) is 10.5. The van der Waals surface area contributed by atoms with Gasteiger partial charge in [0.25, 0.3) is 0 Å². The average Bonchev–Trinajstić information content (AvgIpc) is 2.73. The molecule has 7 nitrogen and oxygen atoms in total. The van der Waals surface area contributed by atoms with Crippen molar-refractivity contribution in [1.29, 1.82) is 0 Å². The van der Waals surface area contributed by atoms with Crippen molar-refractivity contribution in [2.75, 3.05) is 33.4 Å². The second kappa shape index (κ2) is 9.29. The molecule has 0 radical (unpaired) electrons. The summed E-state index contributed by atoms with van der Waals surface area (Å²) in [5.74, 6) is -0.576. The van der Waals surface area contributed by atoms with E-state index in [0.29, 0.717) is 13.2 Å². The maximum absolute atomic E-state index is 12.7. The van der Waals surface area contributed by atoms with E-state index in [-0.39, 0.29) is 17.0 Å². The van der Waals surface area contributed by atoms with Gasteiger partial charge in [-0.15, -0.1) is 0 Å². The highest BCUT2D eigenvalue weighted by molar-refractivity contribution is 7.89. The van der Waals surface area contributed by atoms with Crippen molar-refractivity contribution < 1.29 is 22.7 Å². The fourth-order valence-corrected chi connectivity index (χ4v) is 4.10. The van der Waals surface area contributed by atoms with Crippen LogP contribution in [0.5, 0.6) is 0 Å². The fourth-order valence-electron chi connectivity index (χ4n) is 3.05. The minimum Gasteiger partial charge on any atom is -0.465 e. The van der Waals surface area contributed by atoms with E-state index in [1.807, 2.05) is 24.3 Å². The SMILES string of the molecule is COC(=O)c1cccc(S(=O)(=O)NCc2ccccc2CN2CCOCC2)c1. The number of benzene rings is 2. The molecule has 1 fully saturated rings. The largest absolute Gasteiger partial charge is 0.465 e. The molecule has 28 heavy (non-hydrogen) atoms. The van der Waals surface area contributed by atoms with E-state index in [1.54, 1.807) is 0 Å². The quantitative estimate of drug-likeness (QED) is 0.708. The highest BCUT2D eigenvalue weighted by Gasteiger charge is 2.18. The summed E-state index contributed by atoms with van der Waals surface area (Å²) >= 11 is 0. The van der Waals surface area contributed by atoms with Gasteiger partial charge in [-0.25, -0.2) is 17.9 Å². The normalized spacial score (nSPS) is 15.3. The Labute approximate surface area is 165 Å². The van der Waals surface area contributed by atoms with Crippen LogP contribution < -0.4 is 4.72 Å². The van der Waals surface area contributed by atoms with Crippen molar-refractivity contribution in [2.24, 2.45) is 0 Å². The zero-order valence-electron chi connectivity index (χ0n) is 15.8. The van der Waals surface area contributed by atoms with Crippen LogP contribution in [-0.4, -0.2) is 52.7 Å². The van der Waals surface area contributed by atoms with Gasteiger partial charge in [-0.05, 0) is 29.3 Å². The van der Waals surface area contributed by atoms with Gasteiger partial charge in [0.1, 0.15) is 0 Å². The third kappa shape index (κ3) is 5.17. The monoisotopic (exact) mass is 404 g/mol. The molecule has 2 aromatic rings. The molecule has 1 aliphatic rings. The molecule has 150 valence electrons. The Morgan fingerprint density at radius 3 is 2.54 bits per heavy atom. The molecule has 2 aromatic carbocycles. The Balaban J connectivity index is 1.72. The Kier molecular flexibility index (Phi) is 6.79. The van der Waals surface area contributed by atoms with Gasteiger partial charge in [-0.1, -0.05) is 30.3 Å². The van der Waals surface area contributed by atoms with Crippen molar-refractivity contribution in [1.82, 2.24) is 9.62 Å². The number of morpholine rings is 1. The molecule has 0 bridgehead atoms. The lowest BCUT2D eigenvalue weighted by atomic mass is 10.1. The second-order valence-corrected chi connectivity index (χ2v) is 8.27. The molecule has 1 saturated heterocycles. The maximum atomic E-state index is 12.7. The zero-order valence-corrected chi connectivity index (χ0v) is 16.6. The fraction of sp³-hybridized carbons (Fsp3) is 0.350. The van der Waals surface area contributed by atoms with Crippen LogP contribution in [0.1, 0.15) is 21.5 Å². The topological polar surface area (TPSA) is 84.9 Å². The van der Waals surface area contributed by atoms with Gasteiger partial charge in [0, 0.05) is 26.2 Å². The Morgan fingerprint density at radius 2 is 1.82 bits per heavy atom. The Bertz CT molecular complexity index is 924. The number of hydrogen-bond acceptors (Lipinski definition) is 6. The molecule has 1 aliphatic heterocycles. The molecular formula is C20H24N2O5S. The van der Waals surface area contributed by atoms with Crippen LogP contribution in [0.2, 0.25) is 0 Å². The van der Waals surface area contributed by atoms with E-state index in [2.05, 4.69) is 14.4 Å². The van der Waals surface area contributed by atoms with Crippen molar-refractivity contribution in [3.63, 3.8) is 0 Å². The average molecular weight is 404 g/mol. The van der Waals surface area contributed by atoms with Gasteiger partial charge >= 0.3 is 5.97 Å². The molecule has 8 heteroatoms. The predicted molar refractivity (Wildman–Crippen MR) is 104 cm³/mol. The lowest BCUT2D eigenvalue weighted by Gasteiger charge is -2.27. The van der Waals surface area contributed by atoms with Crippen LogP contribution in [0.15, 0.2) is 53.4 Å². The number of ether oxygens (including phenoxy) is 2. The number of carbonyl (C=O) groups is 1. The van der Waals surface area contributed by atoms with E-state index >= 15 is 0 Å². The first-order chi connectivity index (χ1) is 13.5. The minimum atomic E-state index is -3.76. The van der Waals surface area contributed by atoms with Crippen LogP contribution in [0.3, 0.4) is 0 Å². The lowest BCUT2D eigenvalue weighted by Crippen LogP contribution is -2.36. The van der Waals surface area contributed by atoms with E-state index in [0.717, 1.165) is 30.8 Å². The van der Waals surface area contributed by atoms with Crippen LogP contribution in [0.4, 0.5) is 0 Å². The van der Waals surface area contributed by atoms with E-state index in [9.17, 15) is 13.2 Å². The van der Waals surface area contributed by atoms with Crippen LogP contribution in [-0.2, 0) is 32.6 Å². The van der Waals surface area contributed by atoms with Crippen LogP contribution in [0.25, 0.3) is 0 Å². The predicted octanol–water partition coefficient (Wildman–Crippen LogP) is 1.78. The number of methoxy groups -OCH3 is 1. The second-order valence-electron chi connectivity index (χ2n) is 6.50. The molecule has 0 spiro atoms. The highest BCUT2D eigenvalue weighted by Crippen LogP contribution is 2.16. The summed E-state index contributed by atoms with van der Waals surface area (Å²) in [6.45, 7) is 4.07. The van der Waals surface area contributed by atoms with Gasteiger partial charge in [-0.2, -0.15) is 0 Å². The van der Waals surface area contributed by atoms with E-state index < -0.39 is 16.0 Å². The van der Waals surface area contributed by atoms with Crippen molar-refractivity contribution >= 4 is 16.0 Å². The molecule has 1 N–H and O–H groups in total. The first-order valence-electron chi connectivity index (χ1n) is 9.04. The number of rotatable bonds is 7. The molecule has 0 aromatic heterocycles.